The molecule has 0 aromatic heterocycles. The number of carbonyl (C=O) groups excluding carboxylic acids is 1. The smallest absolute Gasteiger partial charge is 0.239 e. The molecule has 0 aromatic rings. The first-order valence-corrected chi connectivity index (χ1v) is 6.24. The Labute approximate surface area is 97.0 Å². The number of aliphatic hydroxyl groups is 1. The molecule has 2 atom stereocenters. The predicted octanol–water partition coefficient (Wildman–Crippen LogP) is 0.358. The molecular weight excluding hydrogens is 204 g/mol. The molecule has 2 unspecified atom stereocenters. The molecule has 2 N–H and O–H groups in total. The van der Waals surface area contributed by atoms with Crippen molar-refractivity contribution in [3.05, 3.63) is 0 Å². The Bertz CT molecular complexity index is 268. The Hall–Kier alpha value is -0.610. The van der Waals surface area contributed by atoms with Gasteiger partial charge in [0, 0.05) is 13.1 Å². The van der Waals surface area contributed by atoms with E-state index in [1.165, 1.54) is 0 Å². The molecule has 2 aliphatic rings. The van der Waals surface area contributed by atoms with Gasteiger partial charge in [-0.2, -0.15) is 0 Å². The van der Waals surface area contributed by atoms with Crippen LogP contribution in [0.25, 0.3) is 0 Å². The van der Waals surface area contributed by atoms with Crippen molar-refractivity contribution in [3.8, 4) is 0 Å². The Morgan fingerprint density at radius 1 is 1.44 bits per heavy atom. The van der Waals surface area contributed by atoms with E-state index in [1.54, 1.807) is 0 Å². The number of nitrogens with zero attached hydrogens (tertiary/aromatic N) is 1. The van der Waals surface area contributed by atoms with Crippen LogP contribution in [0, 0.1) is 5.92 Å². The van der Waals surface area contributed by atoms with Gasteiger partial charge >= 0.3 is 0 Å². The van der Waals surface area contributed by atoms with E-state index in [0.29, 0.717) is 31.8 Å². The first-order chi connectivity index (χ1) is 7.49. The third-order valence-electron chi connectivity index (χ3n) is 3.95. The highest BCUT2D eigenvalue weighted by Gasteiger charge is 2.36. The number of rotatable bonds is 1. The number of piperidine rings is 1. The molecule has 0 aromatic carbocycles. The number of likely N-dealkylation sites (tertiary alicyclic amines) is 1. The second kappa shape index (κ2) is 4.34. The van der Waals surface area contributed by atoms with Crippen LogP contribution in [-0.4, -0.2) is 47.2 Å². The normalized spacial score (nSPS) is 34.1. The van der Waals surface area contributed by atoms with Gasteiger partial charge in [0.05, 0.1) is 11.6 Å². The first-order valence-electron chi connectivity index (χ1n) is 6.24. The lowest BCUT2D eigenvalue weighted by Crippen LogP contribution is -2.51. The summed E-state index contributed by atoms with van der Waals surface area (Å²) in [6, 6.07) is 0.00282. The van der Waals surface area contributed by atoms with Crippen LogP contribution < -0.4 is 5.32 Å². The predicted molar refractivity (Wildman–Crippen MR) is 62.0 cm³/mol. The molecule has 4 nitrogen and oxygen atoms in total. The molecule has 0 radical (unpaired) electrons. The SMILES string of the molecule is CC1CCNC1C(=O)N1CCC(C)(O)CC1. The van der Waals surface area contributed by atoms with E-state index in [4.69, 9.17) is 0 Å². The van der Waals surface area contributed by atoms with Gasteiger partial charge in [0.15, 0.2) is 0 Å². The van der Waals surface area contributed by atoms with Crippen molar-refractivity contribution in [1.82, 2.24) is 10.2 Å². The van der Waals surface area contributed by atoms with Gasteiger partial charge < -0.3 is 15.3 Å². The lowest BCUT2D eigenvalue weighted by molar-refractivity contribution is -0.137. The van der Waals surface area contributed by atoms with Crippen molar-refractivity contribution in [2.45, 2.75) is 44.8 Å². The monoisotopic (exact) mass is 226 g/mol. The van der Waals surface area contributed by atoms with Gasteiger partial charge in [-0.05, 0) is 38.6 Å². The highest BCUT2D eigenvalue weighted by Crippen LogP contribution is 2.23. The lowest BCUT2D eigenvalue weighted by Gasteiger charge is -2.37. The fourth-order valence-corrected chi connectivity index (χ4v) is 2.57. The van der Waals surface area contributed by atoms with Crippen LogP contribution >= 0.6 is 0 Å². The van der Waals surface area contributed by atoms with Crippen molar-refractivity contribution in [2.75, 3.05) is 19.6 Å². The van der Waals surface area contributed by atoms with Crippen molar-refractivity contribution in [2.24, 2.45) is 5.92 Å². The van der Waals surface area contributed by atoms with Gasteiger partial charge in [-0.15, -0.1) is 0 Å². The molecule has 0 bridgehead atoms. The maximum Gasteiger partial charge on any atom is 0.239 e. The van der Waals surface area contributed by atoms with Crippen LogP contribution in [0.4, 0.5) is 0 Å². The standard InChI is InChI=1S/C12H22N2O2/c1-9-3-6-13-10(9)11(15)14-7-4-12(2,16)5-8-14/h9-10,13,16H,3-8H2,1-2H3. The summed E-state index contributed by atoms with van der Waals surface area (Å²) in [4.78, 5) is 14.1. The summed E-state index contributed by atoms with van der Waals surface area (Å²) >= 11 is 0. The third-order valence-corrected chi connectivity index (χ3v) is 3.95. The van der Waals surface area contributed by atoms with E-state index < -0.39 is 5.60 Å². The number of nitrogens with one attached hydrogen (secondary N) is 1. The van der Waals surface area contributed by atoms with Gasteiger partial charge in [0.2, 0.25) is 5.91 Å². The van der Waals surface area contributed by atoms with Crippen molar-refractivity contribution in [3.63, 3.8) is 0 Å². The topological polar surface area (TPSA) is 52.6 Å². The van der Waals surface area contributed by atoms with Gasteiger partial charge in [-0.25, -0.2) is 0 Å². The molecule has 0 aliphatic carbocycles. The zero-order valence-corrected chi connectivity index (χ0v) is 10.2. The van der Waals surface area contributed by atoms with Crippen LogP contribution in [0.15, 0.2) is 0 Å². The first kappa shape index (κ1) is 11.9. The molecule has 0 saturated carbocycles. The van der Waals surface area contributed by atoms with Crippen LogP contribution in [0.1, 0.15) is 33.1 Å². The Morgan fingerprint density at radius 2 is 2.06 bits per heavy atom. The molecule has 16 heavy (non-hydrogen) atoms. The summed E-state index contributed by atoms with van der Waals surface area (Å²) in [7, 11) is 0. The van der Waals surface area contributed by atoms with Gasteiger partial charge in [0.1, 0.15) is 0 Å². The van der Waals surface area contributed by atoms with Crippen LogP contribution in [0.3, 0.4) is 0 Å². The van der Waals surface area contributed by atoms with Crippen LogP contribution in [-0.2, 0) is 4.79 Å². The summed E-state index contributed by atoms with van der Waals surface area (Å²) in [5.74, 6) is 0.662. The van der Waals surface area contributed by atoms with E-state index in [-0.39, 0.29) is 11.9 Å². The summed E-state index contributed by atoms with van der Waals surface area (Å²) in [5, 5.41) is 13.1. The number of hydrogen-bond acceptors (Lipinski definition) is 3. The Balaban J connectivity index is 1.91. The van der Waals surface area contributed by atoms with Crippen molar-refractivity contribution < 1.29 is 9.90 Å². The second-order valence-corrected chi connectivity index (χ2v) is 5.52. The summed E-state index contributed by atoms with van der Waals surface area (Å²) in [5.41, 5.74) is -0.578. The summed E-state index contributed by atoms with van der Waals surface area (Å²) in [6.45, 7) is 6.31. The molecule has 2 aliphatic heterocycles. The zero-order chi connectivity index (χ0) is 11.8. The molecule has 2 fully saturated rings. The van der Waals surface area contributed by atoms with E-state index in [1.807, 2.05) is 11.8 Å². The van der Waals surface area contributed by atoms with Gasteiger partial charge in [0.25, 0.3) is 0 Å². The summed E-state index contributed by atoms with van der Waals surface area (Å²) < 4.78 is 0. The molecule has 92 valence electrons. The molecule has 4 heteroatoms. The fourth-order valence-electron chi connectivity index (χ4n) is 2.57. The van der Waals surface area contributed by atoms with E-state index in [2.05, 4.69) is 12.2 Å². The molecule has 1 amide bonds. The lowest BCUT2D eigenvalue weighted by atomic mass is 9.92. The van der Waals surface area contributed by atoms with Crippen molar-refractivity contribution in [1.29, 1.82) is 0 Å². The van der Waals surface area contributed by atoms with E-state index >= 15 is 0 Å². The van der Waals surface area contributed by atoms with Gasteiger partial charge in [-0.3, -0.25) is 4.79 Å². The average molecular weight is 226 g/mol. The Kier molecular flexibility index (Phi) is 3.22. The molecule has 2 rings (SSSR count). The minimum absolute atomic E-state index is 0.00282. The zero-order valence-electron chi connectivity index (χ0n) is 10.2. The fraction of sp³-hybridized carbons (Fsp3) is 0.917. The maximum absolute atomic E-state index is 12.2. The minimum Gasteiger partial charge on any atom is -0.390 e. The molecule has 0 spiro atoms. The van der Waals surface area contributed by atoms with Crippen LogP contribution in [0.5, 0.6) is 0 Å². The van der Waals surface area contributed by atoms with E-state index in [0.717, 1.165) is 13.0 Å². The highest BCUT2D eigenvalue weighted by molar-refractivity contribution is 5.82. The number of amides is 1. The van der Waals surface area contributed by atoms with E-state index in [9.17, 15) is 9.90 Å². The molecular formula is C12H22N2O2. The maximum atomic E-state index is 12.2. The third kappa shape index (κ3) is 2.38. The Morgan fingerprint density at radius 3 is 2.56 bits per heavy atom. The van der Waals surface area contributed by atoms with Crippen LogP contribution in [0.2, 0.25) is 0 Å². The average Bonchev–Trinajstić information content (AvgIpc) is 2.63. The number of hydrogen-bond donors (Lipinski definition) is 2. The van der Waals surface area contributed by atoms with Gasteiger partial charge in [-0.1, -0.05) is 6.92 Å². The largest absolute Gasteiger partial charge is 0.390 e. The number of carbonyl (C=O) groups is 1. The van der Waals surface area contributed by atoms with Crippen molar-refractivity contribution >= 4 is 5.91 Å². The highest BCUT2D eigenvalue weighted by atomic mass is 16.3. The quantitative estimate of drug-likeness (QED) is 0.678. The second-order valence-electron chi connectivity index (χ2n) is 5.52. The molecule has 2 saturated heterocycles. The summed E-state index contributed by atoms with van der Waals surface area (Å²) in [6.07, 6.45) is 2.47. The molecule has 2 heterocycles. The minimum atomic E-state index is -0.578.